The zero-order chi connectivity index (χ0) is 21.0. The number of piperazine rings is 1. The molecule has 156 valence electrons. The van der Waals surface area contributed by atoms with Crippen molar-refractivity contribution in [2.45, 2.75) is 25.2 Å². The molecule has 0 aromatic heterocycles. The second-order valence-corrected chi connectivity index (χ2v) is 8.74. The van der Waals surface area contributed by atoms with Gasteiger partial charge in [0.2, 0.25) is 0 Å². The first kappa shape index (κ1) is 21.1. The molecule has 3 rings (SSSR count). The van der Waals surface area contributed by atoms with Crippen LogP contribution in [0.2, 0.25) is 0 Å². The van der Waals surface area contributed by atoms with Crippen molar-refractivity contribution in [3.05, 3.63) is 53.6 Å². The molecule has 0 radical (unpaired) electrons. The number of nitrogens with zero attached hydrogens (tertiary/aromatic N) is 2. The van der Waals surface area contributed by atoms with E-state index in [2.05, 4.69) is 16.5 Å². The standard InChI is InChI=1S/C21H27N3O4S/c1-3-16-5-8-18(9-6-16)29(27,28)22-17-7-10-20(19(15-17)21(25)26)24-13-11-23(4-2)12-14-24/h5-10,15,22H,3-4,11-14H2,1-2H3,(H,25,26). The predicted molar refractivity (Wildman–Crippen MR) is 114 cm³/mol. The monoisotopic (exact) mass is 417 g/mol. The summed E-state index contributed by atoms with van der Waals surface area (Å²) in [5.41, 5.74) is 1.99. The number of sulfonamides is 1. The number of rotatable bonds is 7. The molecule has 0 atom stereocenters. The van der Waals surface area contributed by atoms with Crippen LogP contribution < -0.4 is 9.62 Å². The van der Waals surface area contributed by atoms with Crippen molar-refractivity contribution in [1.82, 2.24) is 4.90 Å². The first-order valence-electron chi connectivity index (χ1n) is 9.80. The Morgan fingerprint density at radius 1 is 1.03 bits per heavy atom. The van der Waals surface area contributed by atoms with E-state index in [1.54, 1.807) is 36.4 Å². The maximum atomic E-state index is 12.7. The molecule has 1 aliphatic heterocycles. The smallest absolute Gasteiger partial charge is 0.337 e. The molecule has 1 fully saturated rings. The molecule has 2 aromatic rings. The van der Waals surface area contributed by atoms with Gasteiger partial charge in [0.05, 0.1) is 16.1 Å². The van der Waals surface area contributed by atoms with E-state index in [1.807, 2.05) is 11.8 Å². The van der Waals surface area contributed by atoms with Crippen LogP contribution in [0.5, 0.6) is 0 Å². The normalized spacial score (nSPS) is 15.3. The SMILES string of the molecule is CCc1ccc(S(=O)(=O)Nc2ccc(N3CCN(CC)CC3)c(C(=O)O)c2)cc1. The highest BCUT2D eigenvalue weighted by Gasteiger charge is 2.22. The molecule has 0 amide bonds. The van der Waals surface area contributed by atoms with Crippen LogP contribution in [0.4, 0.5) is 11.4 Å². The minimum atomic E-state index is -3.79. The van der Waals surface area contributed by atoms with Gasteiger partial charge in [-0.25, -0.2) is 13.2 Å². The fraction of sp³-hybridized carbons (Fsp3) is 0.381. The van der Waals surface area contributed by atoms with Crippen LogP contribution in [0, 0.1) is 0 Å². The first-order chi connectivity index (χ1) is 13.8. The second kappa shape index (κ2) is 8.84. The van der Waals surface area contributed by atoms with Crippen LogP contribution in [0.1, 0.15) is 29.8 Å². The summed E-state index contributed by atoms with van der Waals surface area (Å²) in [4.78, 5) is 16.3. The van der Waals surface area contributed by atoms with Crippen LogP contribution in [-0.2, 0) is 16.4 Å². The van der Waals surface area contributed by atoms with Gasteiger partial charge >= 0.3 is 5.97 Å². The summed E-state index contributed by atoms with van der Waals surface area (Å²) in [6.45, 7) is 8.30. The summed E-state index contributed by atoms with van der Waals surface area (Å²) in [7, 11) is -3.79. The fourth-order valence-electron chi connectivity index (χ4n) is 3.47. The number of nitrogens with one attached hydrogen (secondary N) is 1. The largest absolute Gasteiger partial charge is 0.478 e. The van der Waals surface area contributed by atoms with Crippen molar-refractivity contribution < 1.29 is 18.3 Å². The average molecular weight is 418 g/mol. The van der Waals surface area contributed by atoms with Gasteiger partial charge in [-0.05, 0) is 48.9 Å². The molecule has 2 aromatic carbocycles. The Bertz CT molecular complexity index is 966. The number of benzene rings is 2. The summed E-state index contributed by atoms with van der Waals surface area (Å²) in [6.07, 6.45) is 0.823. The molecular weight excluding hydrogens is 390 g/mol. The van der Waals surface area contributed by atoms with Crippen LogP contribution in [-0.4, -0.2) is 57.1 Å². The van der Waals surface area contributed by atoms with E-state index in [-0.39, 0.29) is 16.1 Å². The number of anilines is 2. The van der Waals surface area contributed by atoms with Gasteiger partial charge in [-0.15, -0.1) is 0 Å². The third-order valence-electron chi connectivity index (χ3n) is 5.28. The Balaban J connectivity index is 1.83. The molecule has 7 nitrogen and oxygen atoms in total. The van der Waals surface area contributed by atoms with Crippen LogP contribution >= 0.6 is 0 Å². The van der Waals surface area contributed by atoms with Crippen molar-refractivity contribution in [3.8, 4) is 0 Å². The highest BCUT2D eigenvalue weighted by atomic mass is 32.2. The van der Waals surface area contributed by atoms with Crippen LogP contribution in [0.3, 0.4) is 0 Å². The quantitative estimate of drug-likeness (QED) is 0.720. The van der Waals surface area contributed by atoms with E-state index in [0.717, 1.165) is 44.7 Å². The Labute approximate surface area is 172 Å². The van der Waals surface area contributed by atoms with E-state index in [4.69, 9.17) is 0 Å². The summed E-state index contributed by atoms with van der Waals surface area (Å²) in [6, 6.07) is 11.4. The van der Waals surface area contributed by atoms with Gasteiger partial charge in [-0.2, -0.15) is 0 Å². The maximum Gasteiger partial charge on any atom is 0.337 e. The zero-order valence-electron chi connectivity index (χ0n) is 16.8. The Morgan fingerprint density at radius 3 is 2.24 bits per heavy atom. The molecule has 8 heteroatoms. The average Bonchev–Trinajstić information content (AvgIpc) is 2.73. The number of aromatic carboxylic acids is 1. The zero-order valence-corrected chi connectivity index (χ0v) is 17.6. The third kappa shape index (κ3) is 4.89. The Hall–Kier alpha value is -2.58. The minimum Gasteiger partial charge on any atom is -0.478 e. The van der Waals surface area contributed by atoms with Crippen molar-refractivity contribution in [3.63, 3.8) is 0 Å². The molecule has 0 unspecified atom stereocenters. The summed E-state index contributed by atoms with van der Waals surface area (Å²) >= 11 is 0. The highest BCUT2D eigenvalue weighted by molar-refractivity contribution is 7.92. The van der Waals surface area contributed by atoms with Gasteiger partial charge in [0.1, 0.15) is 0 Å². The van der Waals surface area contributed by atoms with E-state index in [0.29, 0.717) is 5.69 Å². The van der Waals surface area contributed by atoms with Gasteiger partial charge in [0.25, 0.3) is 10.0 Å². The first-order valence-corrected chi connectivity index (χ1v) is 11.3. The number of aryl methyl sites for hydroxylation is 1. The molecule has 0 saturated carbocycles. The Kier molecular flexibility index (Phi) is 6.44. The number of carboxylic acid groups (broad SMARTS) is 1. The second-order valence-electron chi connectivity index (χ2n) is 7.06. The van der Waals surface area contributed by atoms with Crippen molar-refractivity contribution in [2.75, 3.05) is 42.3 Å². The Morgan fingerprint density at radius 2 is 1.69 bits per heavy atom. The van der Waals surface area contributed by atoms with E-state index < -0.39 is 16.0 Å². The lowest BCUT2D eigenvalue weighted by molar-refractivity contribution is 0.0697. The van der Waals surface area contributed by atoms with Gasteiger partial charge < -0.3 is 14.9 Å². The summed E-state index contributed by atoms with van der Waals surface area (Å²) in [5, 5.41) is 9.68. The van der Waals surface area contributed by atoms with Gasteiger partial charge in [-0.3, -0.25) is 4.72 Å². The third-order valence-corrected chi connectivity index (χ3v) is 6.68. The number of hydrogen-bond acceptors (Lipinski definition) is 5. The molecular formula is C21H27N3O4S. The van der Waals surface area contributed by atoms with Gasteiger partial charge in [-0.1, -0.05) is 26.0 Å². The lowest BCUT2D eigenvalue weighted by Gasteiger charge is -2.36. The number of likely N-dealkylation sites (N-methyl/N-ethyl adjacent to an activating group) is 1. The molecule has 0 spiro atoms. The van der Waals surface area contributed by atoms with E-state index >= 15 is 0 Å². The van der Waals surface area contributed by atoms with Crippen molar-refractivity contribution in [2.24, 2.45) is 0 Å². The van der Waals surface area contributed by atoms with Crippen LogP contribution in [0.25, 0.3) is 0 Å². The number of carboxylic acids is 1. The van der Waals surface area contributed by atoms with Crippen molar-refractivity contribution >= 4 is 27.4 Å². The molecule has 0 bridgehead atoms. The highest BCUT2D eigenvalue weighted by Crippen LogP contribution is 2.27. The van der Waals surface area contributed by atoms with Crippen LogP contribution in [0.15, 0.2) is 47.4 Å². The van der Waals surface area contributed by atoms with E-state index in [9.17, 15) is 18.3 Å². The molecule has 1 aliphatic rings. The molecule has 1 saturated heterocycles. The molecule has 0 aliphatic carbocycles. The number of carbonyl (C=O) groups is 1. The van der Waals surface area contributed by atoms with Gasteiger partial charge in [0, 0.05) is 31.9 Å². The topological polar surface area (TPSA) is 90.0 Å². The van der Waals surface area contributed by atoms with E-state index in [1.165, 1.54) is 6.07 Å². The lowest BCUT2D eigenvalue weighted by Crippen LogP contribution is -2.46. The fourth-order valence-corrected chi connectivity index (χ4v) is 4.52. The van der Waals surface area contributed by atoms with Crippen molar-refractivity contribution in [1.29, 1.82) is 0 Å². The lowest BCUT2D eigenvalue weighted by atomic mass is 10.1. The molecule has 29 heavy (non-hydrogen) atoms. The van der Waals surface area contributed by atoms with Gasteiger partial charge in [0.15, 0.2) is 0 Å². The molecule has 2 N–H and O–H groups in total. The summed E-state index contributed by atoms with van der Waals surface area (Å²) < 4.78 is 27.8. The number of hydrogen-bond donors (Lipinski definition) is 2. The minimum absolute atomic E-state index is 0.0940. The molecule has 1 heterocycles. The summed E-state index contributed by atoms with van der Waals surface area (Å²) in [5.74, 6) is -1.08. The predicted octanol–water partition coefficient (Wildman–Crippen LogP) is 2.89. The maximum absolute atomic E-state index is 12.7.